The summed E-state index contributed by atoms with van der Waals surface area (Å²) in [6.07, 6.45) is 0.852. The van der Waals surface area contributed by atoms with E-state index < -0.39 is 0 Å². The fourth-order valence-electron chi connectivity index (χ4n) is 1.80. The average molecular weight is 255 g/mol. The molecule has 0 saturated carbocycles. The zero-order valence-electron chi connectivity index (χ0n) is 10.9. The second-order valence-electron chi connectivity index (χ2n) is 4.19. The Morgan fingerprint density at radius 3 is 2.63 bits per heavy atom. The van der Waals surface area contributed by atoms with Gasteiger partial charge >= 0.3 is 0 Å². The van der Waals surface area contributed by atoms with Gasteiger partial charge in [0.1, 0.15) is 5.75 Å². The van der Waals surface area contributed by atoms with Gasteiger partial charge in [0.25, 0.3) is 5.91 Å². The molecule has 1 N–H and O–H groups in total. The van der Waals surface area contributed by atoms with Gasteiger partial charge in [-0.05, 0) is 23.8 Å². The smallest absolute Gasteiger partial charge is 0.251 e. The molecule has 0 radical (unpaired) electrons. The van der Waals surface area contributed by atoms with Crippen LogP contribution in [0.1, 0.15) is 15.9 Å². The van der Waals surface area contributed by atoms with E-state index in [1.165, 1.54) is 5.56 Å². The van der Waals surface area contributed by atoms with Crippen LogP contribution in [-0.2, 0) is 6.42 Å². The first-order valence-corrected chi connectivity index (χ1v) is 6.28. The SMILES string of the molecule is CNC(=O)c1cccc(OCCc2ccccc2)c1. The normalized spacial score (nSPS) is 9.95. The lowest BCUT2D eigenvalue weighted by Gasteiger charge is -2.07. The predicted octanol–water partition coefficient (Wildman–Crippen LogP) is 2.67. The van der Waals surface area contributed by atoms with E-state index in [0.29, 0.717) is 12.2 Å². The van der Waals surface area contributed by atoms with Crippen LogP contribution in [0.4, 0.5) is 0 Å². The van der Waals surface area contributed by atoms with E-state index in [4.69, 9.17) is 4.74 Å². The van der Waals surface area contributed by atoms with Crippen molar-refractivity contribution in [3.05, 3.63) is 65.7 Å². The third-order valence-corrected chi connectivity index (χ3v) is 2.83. The average Bonchev–Trinajstić information content (AvgIpc) is 2.48. The molecule has 3 heteroatoms. The topological polar surface area (TPSA) is 38.3 Å². The van der Waals surface area contributed by atoms with Crippen molar-refractivity contribution < 1.29 is 9.53 Å². The van der Waals surface area contributed by atoms with Crippen LogP contribution < -0.4 is 10.1 Å². The van der Waals surface area contributed by atoms with Crippen molar-refractivity contribution in [2.24, 2.45) is 0 Å². The van der Waals surface area contributed by atoms with Crippen LogP contribution in [0.15, 0.2) is 54.6 Å². The van der Waals surface area contributed by atoms with Gasteiger partial charge in [-0.3, -0.25) is 4.79 Å². The zero-order chi connectivity index (χ0) is 13.5. The first-order valence-electron chi connectivity index (χ1n) is 6.28. The molecule has 0 aliphatic heterocycles. The summed E-state index contributed by atoms with van der Waals surface area (Å²) in [5.41, 5.74) is 1.85. The van der Waals surface area contributed by atoms with E-state index in [0.717, 1.165) is 12.2 Å². The van der Waals surface area contributed by atoms with Gasteiger partial charge in [0.2, 0.25) is 0 Å². The number of carbonyl (C=O) groups is 1. The summed E-state index contributed by atoms with van der Waals surface area (Å²) in [6.45, 7) is 0.598. The van der Waals surface area contributed by atoms with E-state index in [2.05, 4.69) is 17.4 Å². The maximum atomic E-state index is 11.5. The number of benzene rings is 2. The second-order valence-corrected chi connectivity index (χ2v) is 4.19. The number of amides is 1. The summed E-state index contributed by atoms with van der Waals surface area (Å²) < 4.78 is 5.67. The molecule has 0 saturated heterocycles. The summed E-state index contributed by atoms with van der Waals surface area (Å²) in [5, 5.41) is 2.60. The molecular formula is C16H17NO2. The molecule has 0 spiro atoms. The maximum absolute atomic E-state index is 11.5. The number of nitrogens with one attached hydrogen (secondary N) is 1. The molecule has 98 valence electrons. The van der Waals surface area contributed by atoms with Crippen LogP contribution >= 0.6 is 0 Å². The molecule has 0 aromatic heterocycles. The molecule has 3 nitrogen and oxygen atoms in total. The fraction of sp³-hybridized carbons (Fsp3) is 0.188. The fourth-order valence-corrected chi connectivity index (χ4v) is 1.80. The summed E-state index contributed by atoms with van der Waals surface area (Å²) in [5.74, 6) is 0.616. The number of ether oxygens (including phenoxy) is 1. The van der Waals surface area contributed by atoms with Gasteiger partial charge in [-0.1, -0.05) is 36.4 Å². The number of carbonyl (C=O) groups excluding carboxylic acids is 1. The number of hydrogen-bond donors (Lipinski definition) is 1. The minimum absolute atomic E-state index is 0.103. The van der Waals surface area contributed by atoms with Gasteiger partial charge in [0.15, 0.2) is 0 Å². The van der Waals surface area contributed by atoms with Crippen molar-refractivity contribution in [1.29, 1.82) is 0 Å². The van der Waals surface area contributed by atoms with Gasteiger partial charge in [-0.15, -0.1) is 0 Å². The van der Waals surface area contributed by atoms with Crippen molar-refractivity contribution in [2.75, 3.05) is 13.7 Å². The van der Waals surface area contributed by atoms with Crippen molar-refractivity contribution in [2.45, 2.75) is 6.42 Å². The molecule has 0 fully saturated rings. The largest absolute Gasteiger partial charge is 0.493 e. The quantitative estimate of drug-likeness (QED) is 0.892. The Morgan fingerprint density at radius 1 is 1.11 bits per heavy atom. The van der Waals surface area contributed by atoms with E-state index >= 15 is 0 Å². The van der Waals surface area contributed by atoms with E-state index in [1.54, 1.807) is 19.2 Å². The van der Waals surface area contributed by atoms with Crippen molar-refractivity contribution >= 4 is 5.91 Å². The Hall–Kier alpha value is -2.29. The van der Waals surface area contributed by atoms with Crippen molar-refractivity contribution in [3.8, 4) is 5.75 Å². The van der Waals surface area contributed by atoms with Crippen molar-refractivity contribution in [3.63, 3.8) is 0 Å². The first-order chi connectivity index (χ1) is 9.29. The van der Waals surface area contributed by atoms with Crippen molar-refractivity contribution in [1.82, 2.24) is 5.32 Å². The molecule has 0 atom stereocenters. The summed E-state index contributed by atoms with van der Waals surface area (Å²) in [7, 11) is 1.62. The molecule has 0 bridgehead atoms. The summed E-state index contributed by atoms with van der Waals surface area (Å²) in [6, 6.07) is 17.4. The number of rotatable bonds is 5. The standard InChI is InChI=1S/C16H17NO2/c1-17-16(18)14-8-5-9-15(12-14)19-11-10-13-6-3-2-4-7-13/h2-9,12H,10-11H2,1H3,(H,17,18). The Bertz CT molecular complexity index is 537. The molecule has 1 amide bonds. The van der Waals surface area contributed by atoms with Crippen LogP contribution in [0.3, 0.4) is 0 Å². The molecule has 0 aliphatic rings. The predicted molar refractivity (Wildman–Crippen MR) is 75.5 cm³/mol. The highest BCUT2D eigenvalue weighted by molar-refractivity contribution is 5.94. The lowest BCUT2D eigenvalue weighted by molar-refractivity contribution is 0.0962. The highest BCUT2D eigenvalue weighted by atomic mass is 16.5. The molecule has 0 unspecified atom stereocenters. The van der Waals surface area contributed by atoms with E-state index in [9.17, 15) is 4.79 Å². The molecule has 2 aromatic rings. The van der Waals surface area contributed by atoms with E-state index in [-0.39, 0.29) is 5.91 Å². The lowest BCUT2D eigenvalue weighted by atomic mass is 10.2. The molecule has 19 heavy (non-hydrogen) atoms. The Morgan fingerprint density at radius 2 is 1.89 bits per heavy atom. The molecular weight excluding hydrogens is 238 g/mol. The molecule has 2 rings (SSSR count). The van der Waals surface area contributed by atoms with E-state index in [1.807, 2.05) is 30.3 Å². The third-order valence-electron chi connectivity index (χ3n) is 2.83. The van der Waals surface area contributed by atoms with Gasteiger partial charge < -0.3 is 10.1 Å². The maximum Gasteiger partial charge on any atom is 0.251 e. The van der Waals surface area contributed by atoms with Crippen LogP contribution in [0.5, 0.6) is 5.75 Å². The van der Waals surface area contributed by atoms with Crippen LogP contribution in [0.25, 0.3) is 0 Å². The number of hydrogen-bond acceptors (Lipinski definition) is 2. The monoisotopic (exact) mass is 255 g/mol. The minimum Gasteiger partial charge on any atom is -0.493 e. The highest BCUT2D eigenvalue weighted by Crippen LogP contribution is 2.13. The van der Waals surface area contributed by atoms with Gasteiger partial charge in [0.05, 0.1) is 6.61 Å². The summed E-state index contributed by atoms with van der Waals surface area (Å²) >= 11 is 0. The lowest BCUT2D eigenvalue weighted by Crippen LogP contribution is -2.17. The highest BCUT2D eigenvalue weighted by Gasteiger charge is 2.04. The van der Waals surface area contributed by atoms with Gasteiger partial charge in [0, 0.05) is 19.0 Å². The van der Waals surface area contributed by atoms with Crippen LogP contribution in [0.2, 0.25) is 0 Å². The summed E-state index contributed by atoms with van der Waals surface area (Å²) in [4.78, 5) is 11.5. The Labute approximate surface area is 113 Å². The Balaban J connectivity index is 1.91. The van der Waals surface area contributed by atoms with Crippen LogP contribution in [0, 0.1) is 0 Å². The Kier molecular flexibility index (Phi) is 4.56. The third kappa shape index (κ3) is 3.85. The zero-order valence-corrected chi connectivity index (χ0v) is 10.9. The molecule has 2 aromatic carbocycles. The van der Waals surface area contributed by atoms with Gasteiger partial charge in [-0.25, -0.2) is 0 Å². The molecule has 0 heterocycles. The van der Waals surface area contributed by atoms with Crippen LogP contribution in [-0.4, -0.2) is 19.6 Å². The van der Waals surface area contributed by atoms with Gasteiger partial charge in [-0.2, -0.15) is 0 Å². The minimum atomic E-state index is -0.103. The molecule has 0 aliphatic carbocycles. The second kappa shape index (κ2) is 6.59. The first kappa shape index (κ1) is 13.1.